The Morgan fingerprint density at radius 2 is 1.62 bits per heavy atom. The molecule has 0 aliphatic carbocycles. The number of anilines is 3. The van der Waals surface area contributed by atoms with Gasteiger partial charge in [-0.1, -0.05) is 41.9 Å². The maximum Gasteiger partial charge on any atom is 0.263 e. The Labute approximate surface area is 172 Å². The van der Waals surface area contributed by atoms with Crippen molar-refractivity contribution in [2.24, 2.45) is 0 Å². The van der Waals surface area contributed by atoms with Crippen molar-refractivity contribution in [1.82, 2.24) is 9.97 Å². The molecule has 146 valence electrons. The highest BCUT2D eigenvalue weighted by atomic mass is 35.5. The van der Waals surface area contributed by atoms with Crippen LogP contribution in [0.25, 0.3) is 11.0 Å². The van der Waals surface area contributed by atoms with Crippen LogP contribution >= 0.6 is 11.6 Å². The van der Waals surface area contributed by atoms with Gasteiger partial charge in [0.15, 0.2) is 11.6 Å². The molecule has 0 aliphatic heterocycles. The number of fused-ring (bicyclic) bond motifs is 1. The van der Waals surface area contributed by atoms with Crippen LogP contribution in [0.2, 0.25) is 5.02 Å². The van der Waals surface area contributed by atoms with Crippen LogP contribution in [0.3, 0.4) is 0 Å². The normalized spacial score (nSPS) is 11.3. The summed E-state index contributed by atoms with van der Waals surface area (Å²) in [6.07, 6.45) is 0. The molecule has 7 nitrogen and oxygen atoms in total. The number of nitrogens with zero attached hydrogens (tertiary/aromatic N) is 2. The molecule has 3 aromatic carbocycles. The van der Waals surface area contributed by atoms with Crippen LogP contribution in [0.1, 0.15) is 0 Å². The molecule has 1 heterocycles. The van der Waals surface area contributed by atoms with E-state index in [2.05, 4.69) is 20.0 Å². The second-order valence-electron chi connectivity index (χ2n) is 6.12. The minimum Gasteiger partial charge on any atom is -0.508 e. The molecule has 0 amide bonds. The predicted octanol–water partition coefficient (Wildman–Crippen LogP) is 4.53. The summed E-state index contributed by atoms with van der Waals surface area (Å²) in [5, 5.41) is 13.1. The molecule has 0 saturated heterocycles. The van der Waals surface area contributed by atoms with Gasteiger partial charge in [-0.3, -0.25) is 4.72 Å². The lowest BCUT2D eigenvalue weighted by Crippen LogP contribution is -2.16. The molecule has 9 heteroatoms. The summed E-state index contributed by atoms with van der Waals surface area (Å²) in [6.45, 7) is 0. The van der Waals surface area contributed by atoms with Gasteiger partial charge in [-0.2, -0.15) is 0 Å². The Balaban J connectivity index is 1.83. The molecule has 4 aromatic rings. The molecule has 0 unspecified atom stereocenters. The molecule has 0 fully saturated rings. The van der Waals surface area contributed by atoms with Crippen LogP contribution < -0.4 is 10.0 Å². The summed E-state index contributed by atoms with van der Waals surface area (Å²) in [7, 11) is -3.89. The largest absolute Gasteiger partial charge is 0.508 e. The first kappa shape index (κ1) is 19.0. The highest BCUT2D eigenvalue weighted by Gasteiger charge is 2.19. The molecular weight excluding hydrogens is 412 g/mol. The van der Waals surface area contributed by atoms with E-state index in [1.807, 2.05) is 0 Å². The lowest BCUT2D eigenvalue weighted by molar-refractivity contribution is 0.475. The first-order valence-corrected chi connectivity index (χ1v) is 10.4. The zero-order valence-corrected chi connectivity index (χ0v) is 16.4. The summed E-state index contributed by atoms with van der Waals surface area (Å²) in [6, 6.07) is 19.4. The van der Waals surface area contributed by atoms with Gasteiger partial charge in [0.2, 0.25) is 0 Å². The number of halogens is 1. The number of sulfonamides is 1. The quantitative estimate of drug-likeness (QED) is 0.433. The number of para-hydroxylation sites is 1. The molecule has 3 N–H and O–H groups in total. The predicted molar refractivity (Wildman–Crippen MR) is 113 cm³/mol. The van der Waals surface area contributed by atoms with Gasteiger partial charge in [-0.15, -0.1) is 0 Å². The molecule has 0 aliphatic rings. The van der Waals surface area contributed by atoms with Crippen molar-refractivity contribution < 1.29 is 13.5 Å². The Bertz CT molecular complexity index is 1300. The second kappa shape index (κ2) is 7.57. The SMILES string of the molecule is O=S(=O)(Nc1nc2cccc(Cl)c2nc1Nc1cccc(O)c1)c1ccccc1. The summed E-state index contributed by atoms with van der Waals surface area (Å²) in [5.41, 5.74) is 1.36. The average Bonchev–Trinajstić information content (AvgIpc) is 2.70. The number of rotatable bonds is 5. The van der Waals surface area contributed by atoms with Crippen molar-refractivity contribution >= 4 is 50.0 Å². The lowest BCUT2D eigenvalue weighted by atomic mass is 10.3. The Hall–Kier alpha value is -3.36. The van der Waals surface area contributed by atoms with E-state index in [-0.39, 0.29) is 22.3 Å². The van der Waals surface area contributed by atoms with Gasteiger partial charge < -0.3 is 10.4 Å². The van der Waals surface area contributed by atoms with Crippen molar-refractivity contribution in [2.75, 3.05) is 10.0 Å². The highest BCUT2D eigenvalue weighted by molar-refractivity contribution is 7.92. The van der Waals surface area contributed by atoms with Crippen molar-refractivity contribution in [3.8, 4) is 5.75 Å². The topological polar surface area (TPSA) is 104 Å². The van der Waals surface area contributed by atoms with Crippen LogP contribution in [0.4, 0.5) is 17.3 Å². The zero-order valence-electron chi connectivity index (χ0n) is 14.9. The van der Waals surface area contributed by atoms with E-state index in [0.29, 0.717) is 21.7 Å². The van der Waals surface area contributed by atoms with E-state index in [4.69, 9.17) is 11.6 Å². The number of hydrogen-bond donors (Lipinski definition) is 3. The third kappa shape index (κ3) is 4.08. The van der Waals surface area contributed by atoms with E-state index in [9.17, 15) is 13.5 Å². The van der Waals surface area contributed by atoms with E-state index in [1.54, 1.807) is 48.5 Å². The zero-order chi connectivity index (χ0) is 20.4. The fourth-order valence-corrected chi connectivity index (χ4v) is 3.95. The minimum atomic E-state index is -3.89. The van der Waals surface area contributed by atoms with Gasteiger partial charge in [-0.25, -0.2) is 18.4 Å². The Morgan fingerprint density at radius 1 is 0.862 bits per heavy atom. The average molecular weight is 427 g/mol. The molecule has 0 saturated carbocycles. The van der Waals surface area contributed by atoms with Crippen molar-refractivity contribution in [1.29, 1.82) is 0 Å². The van der Waals surface area contributed by atoms with Gasteiger partial charge in [0.1, 0.15) is 11.3 Å². The number of phenols is 1. The van der Waals surface area contributed by atoms with Crippen LogP contribution in [-0.4, -0.2) is 23.5 Å². The number of benzene rings is 3. The Morgan fingerprint density at radius 3 is 2.38 bits per heavy atom. The van der Waals surface area contributed by atoms with Crippen LogP contribution in [-0.2, 0) is 10.0 Å². The summed E-state index contributed by atoms with van der Waals surface area (Å²) >= 11 is 6.23. The van der Waals surface area contributed by atoms with E-state index >= 15 is 0 Å². The van der Waals surface area contributed by atoms with Crippen molar-refractivity contribution in [2.45, 2.75) is 4.90 Å². The standard InChI is InChI=1S/C20H15ClN4O3S/c21-16-10-5-11-17-18(16)24-19(22-13-6-4-7-14(26)12-13)20(23-17)25-29(27,28)15-8-2-1-3-9-15/h1-12,26H,(H,22,24)(H,23,25). The van der Waals surface area contributed by atoms with Gasteiger partial charge in [0, 0.05) is 11.8 Å². The Kier molecular flexibility index (Phi) is 4.96. The number of nitrogens with one attached hydrogen (secondary N) is 2. The molecule has 29 heavy (non-hydrogen) atoms. The van der Waals surface area contributed by atoms with Crippen molar-refractivity contribution in [3.63, 3.8) is 0 Å². The fraction of sp³-hybridized carbons (Fsp3) is 0. The molecule has 0 bridgehead atoms. The number of hydrogen-bond acceptors (Lipinski definition) is 6. The van der Waals surface area contributed by atoms with E-state index < -0.39 is 10.0 Å². The molecule has 0 atom stereocenters. The van der Waals surface area contributed by atoms with Crippen LogP contribution in [0, 0.1) is 0 Å². The molecule has 1 aromatic heterocycles. The van der Waals surface area contributed by atoms with E-state index in [0.717, 1.165) is 0 Å². The maximum absolute atomic E-state index is 12.8. The molecule has 0 spiro atoms. The fourth-order valence-electron chi connectivity index (χ4n) is 2.71. The van der Waals surface area contributed by atoms with Crippen molar-refractivity contribution in [3.05, 3.63) is 77.8 Å². The van der Waals surface area contributed by atoms with Gasteiger partial charge in [0.25, 0.3) is 10.0 Å². The number of aromatic hydroxyl groups is 1. The summed E-state index contributed by atoms with van der Waals surface area (Å²) in [4.78, 5) is 8.96. The van der Waals surface area contributed by atoms with Crippen LogP contribution in [0.5, 0.6) is 5.75 Å². The van der Waals surface area contributed by atoms with E-state index in [1.165, 1.54) is 24.3 Å². The number of aromatic nitrogens is 2. The lowest BCUT2D eigenvalue weighted by Gasteiger charge is -2.14. The first-order valence-electron chi connectivity index (χ1n) is 8.52. The molecule has 0 radical (unpaired) electrons. The monoisotopic (exact) mass is 426 g/mol. The molecule has 4 rings (SSSR count). The second-order valence-corrected chi connectivity index (χ2v) is 8.21. The summed E-state index contributed by atoms with van der Waals surface area (Å²) < 4.78 is 28.1. The smallest absolute Gasteiger partial charge is 0.263 e. The van der Waals surface area contributed by atoms with Gasteiger partial charge >= 0.3 is 0 Å². The maximum atomic E-state index is 12.8. The number of phenolic OH excluding ortho intramolecular Hbond substituents is 1. The first-order chi connectivity index (χ1) is 13.9. The highest BCUT2D eigenvalue weighted by Crippen LogP contribution is 2.30. The van der Waals surface area contributed by atoms with Gasteiger partial charge in [0.05, 0.1) is 15.4 Å². The minimum absolute atomic E-state index is 0.00645. The summed E-state index contributed by atoms with van der Waals surface area (Å²) in [5.74, 6) is 0.205. The van der Waals surface area contributed by atoms with Gasteiger partial charge in [-0.05, 0) is 36.4 Å². The third-order valence-corrected chi connectivity index (χ3v) is 5.70. The molecular formula is C20H15ClN4O3S. The third-order valence-electron chi connectivity index (χ3n) is 4.04. The van der Waals surface area contributed by atoms with Crippen LogP contribution in [0.15, 0.2) is 77.7 Å².